The lowest BCUT2D eigenvalue weighted by molar-refractivity contribution is -0.138. The molecule has 3 aromatic carbocycles. The minimum atomic E-state index is -0.499. The second-order valence-corrected chi connectivity index (χ2v) is 15.2. The first kappa shape index (κ1) is 34.3. The third kappa shape index (κ3) is 6.95. The fourth-order valence-corrected chi connectivity index (χ4v) is 7.90. The zero-order valence-electron chi connectivity index (χ0n) is 30.4. The largest absolute Gasteiger partial charge is 0.340 e. The molecular formula is C43H48N6O2. The van der Waals surface area contributed by atoms with E-state index in [0.29, 0.717) is 12.3 Å². The number of carbonyl (C=O) groups is 2. The maximum atomic E-state index is 14.1. The number of nitrogens with zero attached hydrogens (tertiary/aromatic N) is 4. The lowest BCUT2D eigenvalue weighted by Crippen LogP contribution is -2.46. The summed E-state index contributed by atoms with van der Waals surface area (Å²) < 4.78 is 0. The Balaban J connectivity index is 1.05. The minimum absolute atomic E-state index is 0.00183. The average molecular weight is 681 g/mol. The summed E-state index contributed by atoms with van der Waals surface area (Å²) in [5.74, 6) is 8.99. The molecule has 7 rings (SSSR count). The van der Waals surface area contributed by atoms with Crippen molar-refractivity contribution in [3.63, 3.8) is 0 Å². The molecule has 2 fully saturated rings. The highest BCUT2D eigenvalue weighted by atomic mass is 16.2. The number of hydrogen-bond donors (Lipinski definition) is 2. The predicted octanol–water partition coefficient (Wildman–Crippen LogP) is 8.34. The molecule has 0 saturated carbocycles. The van der Waals surface area contributed by atoms with Crippen molar-refractivity contribution in [2.45, 2.75) is 84.2 Å². The Bertz CT molecular complexity index is 2080. The van der Waals surface area contributed by atoms with Crippen LogP contribution < -0.4 is 0 Å². The van der Waals surface area contributed by atoms with Gasteiger partial charge in [0.15, 0.2) is 0 Å². The molecule has 2 aliphatic rings. The zero-order chi connectivity index (χ0) is 35.7. The summed E-state index contributed by atoms with van der Waals surface area (Å²) >= 11 is 0. The van der Waals surface area contributed by atoms with Crippen LogP contribution in [-0.2, 0) is 15.1 Å². The maximum absolute atomic E-state index is 14.1. The highest BCUT2D eigenvalue weighted by molar-refractivity contribution is 5.85. The third-order valence-electron chi connectivity index (χ3n) is 10.6. The van der Waals surface area contributed by atoms with E-state index in [4.69, 9.17) is 9.97 Å². The second-order valence-electron chi connectivity index (χ2n) is 15.2. The monoisotopic (exact) mass is 680 g/mol. The Labute approximate surface area is 301 Å². The number of hydrogen-bond acceptors (Lipinski definition) is 4. The van der Waals surface area contributed by atoms with Crippen LogP contribution in [-0.4, -0.2) is 54.6 Å². The molecule has 3 atom stereocenters. The lowest BCUT2D eigenvalue weighted by Gasteiger charge is -2.37. The molecule has 2 amide bonds. The van der Waals surface area contributed by atoms with Gasteiger partial charge >= 0.3 is 0 Å². The van der Waals surface area contributed by atoms with Gasteiger partial charge in [-0.25, -0.2) is 9.97 Å². The van der Waals surface area contributed by atoms with Crippen LogP contribution >= 0.6 is 0 Å². The van der Waals surface area contributed by atoms with Crippen LogP contribution in [0.15, 0.2) is 79.0 Å². The van der Waals surface area contributed by atoms with Crippen molar-refractivity contribution in [1.82, 2.24) is 29.7 Å². The number of imidazole rings is 2. The van der Waals surface area contributed by atoms with Crippen LogP contribution in [0.4, 0.5) is 0 Å². The fraction of sp³-hybridized carbons (Fsp3) is 0.395. The van der Waals surface area contributed by atoms with E-state index in [1.54, 1.807) is 0 Å². The van der Waals surface area contributed by atoms with Crippen molar-refractivity contribution in [3.05, 3.63) is 107 Å². The summed E-state index contributed by atoms with van der Waals surface area (Å²) in [4.78, 5) is 47.7. The summed E-state index contributed by atoms with van der Waals surface area (Å²) in [6.07, 6.45) is 6.17. The molecule has 0 spiro atoms. The zero-order valence-corrected chi connectivity index (χ0v) is 30.4. The minimum Gasteiger partial charge on any atom is -0.340 e. The summed E-state index contributed by atoms with van der Waals surface area (Å²) in [5.41, 5.74) is 6.12. The van der Waals surface area contributed by atoms with Gasteiger partial charge in [-0.3, -0.25) is 9.59 Å². The summed E-state index contributed by atoms with van der Waals surface area (Å²) in [6.45, 7) is 12.1. The van der Waals surface area contributed by atoms with E-state index in [0.717, 1.165) is 89.4 Å². The van der Waals surface area contributed by atoms with Crippen LogP contribution in [0.5, 0.6) is 0 Å². The van der Waals surface area contributed by atoms with E-state index in [1.165, 1.54) is 0 Å². The third-order valence-corrected chi connectivity index (χ3v) is 10.6. The Kier molecular flexibility index (Phi) is 9.56. The molecule has 5 aromatic rings. The first-order chi connectivity index (χ1) is 24.6. The number of carbonyl (C=O) groups excluding carboxylic acids is 2. The van der Waals surface area contributed by atoms with Crippen molar-refractivity contribution in [2.24, 2.45) is 11.8 Å². The van der Waals surface area contributed by atoms with Crippen molar-refractivity contribution in [3.8, 4) is 23.1 Å². The Morgan fingerprint density at radius 2 is 1.67 bits per heavy atom. The second kappa shape index (κ2) is 14.2. The SMILES string of the molecule is CC(C)CC(=O)N1CCC[C@H]1c1nc2ccc(C#Cc3ccc(-c4cnc([C@@]5(C)CCCN5C(=O)[C@@H](c5ccccc5)C(C)C)[nH]4)cc3)cc2[nH]1. The number of benzene rings is 3. The number of aromatic amines is 2. The van der Waals surface area contributed by atoms with Crippen LogP contribution in [0.25, 0.3) is 22.3 Å². The van der Waals surface area contributed by atoms with E-state index in [1.807, 2.05) is 64.5 Å². The number of likely N-dealkylation sites (tertiary alicyclic amines) is 2. The average Bonchev–Trinajstić information content (AvgIpc) is 3.93. The van der Waals surface area contributed by atoms with Gasteiger partial charge in [0.1, 0.15) is 11.6 Å². The molecule has 4 heterocycles. The molecule has 2 N–H and O–H groups in total. The van der Waals surface area contributed by atoms with Gasteiger partial charge in [0.2, 0.25) is 11.8 Å². The number of aromatic nitrogens is 4. The molecule has 8 nitrogen and oxygen atoms in total. The number of fused-ring (bicyclic) bond motifs is 1. The molecule has 2 aromatic heterocycles. The van der Waals surface area contributed by atoms with Crippen LogP contribution in [0.3, 0.4) is 0 Å². The summed E-state index contributed by atoms with van der Waals surface area (Å²) in [7, 11) is 0. The van der Waals surface area contributed by atoms with Gasteiger partial charge in [-0.15, -0.1) is 0 Å². The molecule has 0 aliphatic carbocycles. The number of rotatable bonds is 8. The Morgan fingerprint density at radius 3 is 2.41 bits per heavy atom. The van der Waals surface area contributed by atoms with Gasteiger partial charge in [-0.2, -0.15) is 0 Å². The highest BCUT2D eigenvalue weighted by Crippen LogP contribution is 2.41. The Hall–Kier alpha value is -5.16. The molecule has 8 heteroatoms. The van der Waals surface area contributed by atoms with Gasteiger partial charge < -0.3 is 19.8 Å². The van der Waals surface area contributed by atoms with E-state index in [-0.39, 0.29) is 29.7 Å². The Morgan fingerprint density at radius 1 is 0.922 bits per heavy atom. The van der Waals surface area contributed by atoms with Crippen molar-refractivity contribution in [1.29, 1.82) is 0 Å². The van der Waals surface area contributed by atoms with Crippen LogP contribution in [0, 0.1) is 23.7 Å². The van der Waals surface area contributed by atoms with Crippen LogP contribution in [0.1, 0.15) is 107 Å². The van der Waals surface area contributed by atoms with Crippen molar-refractivity contribution < 1.29 is 9.59 Å². The van der Waals surface area contributed by atoms with E-state index in [9.17, 15) is 9.59 Å². The topological polar surface area (TPSA) is 98.0 Å². The highest BCUT2D eigenvalue weighted by Gasteiger charge is 2.45. The quantitative estimate of drug-likeness (QED) is 0.161. The smallest absolute Gasteiger partial charge is 0.231 e. The standard InChI is InChI=1S/C43H48N6O2/c1-28(2)25-38(50)48-23-9-13-37(48)40-45-34-21-18-31(26-35(34)46-40)15-14-30-16-19-32(20-17-30)36-27-44-42(47-36)43(5)22-10-24-49(43)41(51)39(29(3)4)33-11-7-6-8-12-33/h6-8,11-12,16-21,26-29,37,39H,9-10,13,22-25H2,1-5H3,(H,44,47)(H,45,46)/t37-,39+,43+/m0/s1. The van der Waals surface area contributed by atoms with Crippen molar-refractivity contribution >= 4 is 22.8 Å². The molecule has 262 valence electrons. The van der Waals surface area contributed by atoms with E-state index in [2.05, 4.69) is 80.7 Å². The number of nitrogens with one attached hydrogen (secondary N) is 2. The van der Waals surface area contributed by atoms with Gasteiger partial charge in [0.05, 0.1) is 40.4 Å². The number of amides is 2. The molecule has 0 unspecified atom stereocenters. The molecule has 0 bridgehead atoms. The fourth-order valence-electron chi connectivity index (χ4n) is 7.90. The molecule has 2 saturated heterocycles. The first-order valence-corrected chi connectivity index (χ1v) is 18.4. The number of H-pyrrole nitrogens is 2. The van der Waals surface area contributed by atoms with Crippen LogP contribution in [0.2, 0.25) is 0 Å². The maximum Gasteiger partial charge on any atom is 0.231 e. The first-order valence-electron chi connectivity index (χ1n) is 18.4. The van der Waals surface area contributed by atoms with Crippen molar-refractivity contribution in [2.75, 3.05) is 13.1 Å². The van der Waals surface area contributed by atoms with Gasteiger partial charge in [0.25, 0.3) is 0 Å². The predicted molar refractivity (Wildman–Crippen MR) is 202 cm³/mol. The van der Waals surface area contributed by atoms with Gasteiger partial charge in [0, 0.05) is 30.6 Å². The summed E-state index contributed by atoms with van der Waals surface area (Å²) in [5, 5.41) is 0. The van der Waals surface area contributed by atoms with E-state index >= 15 is 0 Å². The molecule has 0 radical (unpaired) electrons. The normalized spacial score (nSPS) is 19.5. The molecule has 51 heavy (non-hydrogen) atoms. The van der Waals surface area contributed by atoms with Gasteiger partial charge in [-0.05, 0) is 85.9 Å². The van der Waals surface area contributed by atoms with Gasteiger partial charge in [-0.1, -0.05) is 82.0 Å². The summed E-state index contributed by atoms with van der Waals surface area (Å²) in [6, 6.07) is 24.3. The van der Waals surface area contributed by atoms with E-state index < -0.39 is 5.54 Å². The molecule has 2 aliphatic heterocycles. The molecular weight excluding hydrogens is 633 g/mol. The lowest BCUT2D eigenvalue weighted by atomic mass is 9.86.